The topological polar surface area (TPSA) is 70.0 Å². The Morgan fingerprint density at radius 1 is 0.667 bits per heavy atom. The van der Waals surface area contributed by atoms with E-state index in [1.54, 1.807) is 0 Å². The Hall–Kier alpha value is -3.94. The van der Waals surface area contributed by atoms with Crippen LogP contribution in [0.15, 0.2) is 91.2 Å². The van der Waals surface area contributed by atoms with E-state index < -0.39 is 0 Å². The molecule has 2 aromatic heterocycles. The van der Waals surface area contributed by atoms with Crippen molar-refractivity contribution in [3.05, 3.63) is 97.0 Å². The predicted molar refractivity (Wildman–Crippen MR) is 156 cm³/mol. The van der Waals surface area contributed by atoms with E-state index in [0.29, 0.717) is 17.5 Å². The summed E-state index contributed by atoms with van der Waals surface area (Å²) in [6.45, 7) is 8.25. The van der Waals surface area contributed by atoms with Gasteiger partial charge >= 0.3 is 7.12 Å². The van der Waals surface area contributed by atoms with E-state index in [4.69, 9.17) is 29.2 Å². The highest BCUT2D eigenvalue weighted by atomic mass is 16.7. The van der Waals surface area contributed by atoms with Crippen LogP contribution in [0, 0.1) is 0 Å². The van der Waals surface area contributed by atoms with E-state index in [-0.39, 0.29) is 18.3 Å². The number of pyridine rings is 1. The summed E-state index contributed by atoms with van der Waals surface area (Å²) in [4.78, 5) is 19.2. The molecule has 7 heteroatoms. The van der Waals surface area contributed by atoms with Crippen LogP contribution in [0.3, 0.4) is 0 Å². The number of rotatable bonds is 5. The molecule has 0 saturated carbocycles. The second-order valence-corrected chi connectivity index (χ2v) is 11.0. The molecule has 3 heterocycles. The normalized spacial score (nSPS) is 17.7. The van der Waals surface area contributed by atoms with Crippen molar-refractivity contribution < 1.29 is 9.31 Å². The molecule has 1 aliphatic heterocycles. The smallest absolute Gasteiger partial charge is 0.399 e. The first kappa shape index (κ1) is 25.3. The summed E-state index contributed by atoms with van der Waals surface area (Å²) in [7, 11) is -0.384. The van der Waals surface area contributed by atoms with Gasteiger partial charge in [-0.25, -0.2) is 15.0 Å². The Morgan fingerprint density at radius 2 is 1.31 bits per heavy atom. The number of nitrogens with zero attached hydrogens (tertiary/aromatic N) is 4. The van der Waals surface area contributed by atoms with E-state index in [1.165, 1.54) is 0 Å². The summed E-state index contributed by atoms with van der Waals surface area (Å²) in [5.74, 6) is 1.93. The first-order chi connectivity index (χ1) is 18.8. The summed E-state index contributed by atoms with van der Waals surface area (Å²) >= 11 is 0. The highest BCUT2D eigenvalue weighted by Gasteiger charge is 2.51. The molecule has 0 unspecified atom stereocenters. The van der Waals surface area contributed by atoms with Gasteiger partial charge in [0.05, 0.1) is 16.9 Å². The van der Waals surface area contributed by atoms with Crippen molar-refractivity contribution >= 4 is 18.2 Å². The molecule has 0 amide bonds. The van der Waals surface area contributed by atoms with Gasteiger partial charge in [0.25, 0.3) is 0 Å². The molecule has 2 aromatic carbocycles. The highest BCUT2D eigenvalue weighted by molar-refractivity contribution is 6.62. The molecular weight excluding hydrogens is 483 g/mol. The lowest BCUT2D eigenvalue weighted by Gasteiger charge is -2.32. The van der Waals surface area contributed by atoms with E-state index in [0.717, 1.165) is 46.3 Å². The van der Waals surface area contributed by atoms with Crippen LogP contribution in [-0.4, -0.2) is 38.3 Å². The molecule has 1 aliphatic carbocycles. The molecule has 6 rings (SSSR count). The Morgan fingerprint density at radius 3 is 1.92 bits per heavy atom. The quantitative estimate of drug-likeness (QED) is 0.291. The van der Waals surface area contributed by atoms with Crippen molar-refractivity contribution in [2.75, 3.05) is 0 Å². The van der Waals surface area contributed by atoms with Crippen LogP contribution in [-0.2, 0) is 9.31 Å². The Bertz CT molecular complexity index is 1530. The minimum absolute atomic E-state index is 0.368. The zero-order valence-corrected chi connectivity index (χ0v) is 22.8. The molecule has 0 N–H and O–H groups in total. The van der Waals surface area contributed by atoms with Gasteiger partial charge in [-0.05, 0) is 58.1 Å². The fourth-order valence-corrected chi connectivity index (χ4v) is 4.62. The van der Waals surface area contributed by atoms with Gasteiger partial charge in [-0.1, -0.05) is 72.8 Å². The van der Waals surface area contributed by atoms with Gasteiger partial charge in [0, 0.05) is 28.5 Å². The second-order valence-electron chi connectivity index (χ2n) is 11.0. The molecule has 0 radical (unpaired) electrons. The number of aromatic nitrogens is 4. The third-order valence-corrected chi connectivity index (χ3v) is 7.67. The number of benzene rings is 2. The molecule has 0 atom stereocenters. The second kappa shape index (κ2) is 9.99. The van der Waals surface area contributed by atoms with E-state index in [1.807, 2.05) is 60.8 Å². The number of hydrogen-bond acceptors (Lipinski definition) is 6. The van der Waals surface area contributed by atoms with Crippen molar-refractivity contribution in [2.24, 2.45) is 0 Å². The van der Waals surface area contributed by atoms with Gasteiger partial charge in [-0.15, -0.1) is 0 Å². The molecule has 0 spiro atoms. The molecule has 194 valence electrons. The van der Waals surface area contributed by atoms with Crippen molar-refractivity contribution in [3.63, 3.8) is 0 Å². The average Bonchev–Trinajstić information content (AvgIpc) is 3.20. The van der Waals surface area contributed by atoms with E-state index >= 15 is 0 Å². The first-order valence-corrected chi connectivity index (χ1v) is 13.4. The average molecular weight is 514 g/mol. The third kappa shape index (κ3) is 5.08. The molecule has 2 aliphatic rings. The van der Waals surface area contributed by atoms with Crippen molar-refractivity contribution in [1.29, 1.82) is 0 Å². The molecule has 6 nitrogen and oxygen atoms in total. The van der Waals surface area contributed by atoms with Crippen LogP contribution in [0.5, 0.6) is 0 Å². The lowest BCUT2D eigenvalue weighted by molar-refractivity contribution is 0.00578. The van der Waals surface area contributed by atoms with Gasteiger partial charge in [0.2, 0.25) is 0 Å². The summed E-state index contributed by atoms with van der Waals surface area (Å²) < 4.78 is 12.4. The SMILES string of the molecule is CC1(C)OB(c2ccc(-c3ccc(-c4nc(C5=CCCC=C5)nc(-c5ccccc5)n4)cn3)cc2)OC1(C)C. The van der Waals surface area contributed by atoms with E-state index in [2.05, 4.69) is 58.1 Å². The zero-order valence-electron chi connectivity index (χ0n) is 22.8. The lowest BCUT2D eigenvalue weighted by Crippen LogP contribution is -2.41. The summed E-state index contributed by atoms with van der Waals surface area (Å²) in [5.41, 5.74) is 4.96. The minimum Gasteiger partial charge on any atom is -0.399 e. The lowest BCUT2D eigenvalue weighted by atomic mass is 9.79. The monoisotopic (exact) mass is 514 g/mol. The van der Waals surface area contributed by atoms with Crippen LogP contribution in [0.1, 0.15) is 46.4 Å². The third-order valence-electron chi connectivity index (χ3n) is 7.67. The Balaban J connectivity index is 1.28. The number of hydrogen-bond donors (Lipinski definition) is 0. The Labute approximate surface area is 230 Å². The zero-order chi connectivity index (χ0) is 27.0. The van der Waals surface area contributed by atoms with Crippen LogP contribution in [0.4, 0.5) is 0 Å². The van der Waals surface area contributed by atoms with Crippen LogP contribution < -0.4 is 5.46 Å². The number of allylic oxidation sites excluding steroid dienone is 4. The van der Waals surface area contributed by atoms with Gasteiger partial charge in [0.1, 0.15) is 0 Å². The molecule has 4 aromatic rings. The van der Waals surface area contributed by atoms with Crippen LogP contribution >= 0.6 is 0 Å². The highest BCUT2D eigenvalue weighted by Crippen LogP contribution is 2.36. The van der Waals surface area contributed by atoms with Gasteiger partial charge < -0.3 is 9.31 Å². The van der Waals surface area contributed by atoms with Crippen LogP contribution in [0.25, 0.3) is 39.6 Å². The summed E-state index contributed by atoms with van der Waals surface area (Å²) in [5, 5.41) is 0. The van der Waals surface area contributed by atoms with Crippen molar-refractivity contribution in [2.45, 2.75) is 51.7 Å². The predicted octanol–water partition coefficient (Wildman–Crippen LogP) is 6.30. The summed E-state index contributed by atoms with van der Waals surface area (Å²) in [6.07, 6.45) is 10.3. The molecule has 39 heavy (non-hydrogen) atoms. The van der Waals surface area contributed by atoms with Gasteiger partial charge in [-0.2, -0.15) is 0 Å². The summed E-state index contributed by atoms with van der Waals surface area (Å²) in [6, 6.07) is 22.2. The Kier molecular flexibility index (Phi) is 6.49. The van der Waals surface area contributed by atoms with Crippen molar-refractivity contribution in [1.82, 2.24) is 19.9 Å². The van der Waals surface area contributed by atoms with Crippen LogP contribution in [0.2, 0.25) is 0 Å². The van der Waals surface area contributed by atoms with Gasteiger partial charge in [0.15, 0.2) is 17.5 Å². The van der Waals surface area contributed by atoms with E-state index in [9.17, 15) is 0 Å². The minimum atomic E-state index is -0.384. The maximum Gasteiger partial charge on any atom is 0.494 e. The fraction of sp³-hybridized carbons (Fsp3) is 0.250. The van der Waals surface area contributed by atoms with Crippen molar-refractivity contribution in [3.8, 4) is 34.0 Å². The molecule has 1 fully saturated rings. The molecular formula is C32H31BN4O2. The first-order valence-electron chi connectivity index (χ1n) is 13.4. The maximum absolute atomic E-state index is 6.19. The molecule has 0 bridgehead atoms. The van der Waals surface area contributed by atoms with Gasteiger partial charge in [-0.3, -0.25) is 4.98 Å². The standard InChI is InChI=1S/C32H31BN4O2/c1-31(2)32(3,4)39-33(38-31)26-18-15-22(16-19-26)27-20-17-25(21-34-27)30-36-28(23-11-7-5-8-12-23)35-29(37-30)24-13-9-6-10-14-24/h5,7-9,11-21H,6,10H2,1-4H3. The molecule has 1 saturated heterocycles. The maximum atomic E-state index is 6.19. The fourth-order valence-electron chi connectivity index (χ4n) is 4.62. The largest absolute Gasteiger partial charge is 0.494 e.